The Morgan fingerprint density at radius 3 is 1.93 bits per heavy atom. The van der Waals surface area contributed by atoms with Gasteiger partial charge in [-0.25, -0.2) is 17.2 Å². The van der Waals surface area contributed by atoms with Gasteiger partial charge in [0.25, 0.3) is 0 Å². The standard InChI is InChI=1S/C8H16F2O3S.Li/c9-8(10)6-4-2-1-3-5-7-14(11,12)13;/h8H,1-7H2,(H,11,12,13);/q;+1/p-1. The van der Waals surface area contributed by atoms with Crippen LogP contribution >= 0.6 is 0 Å². The Hall–Kier alpha value is 0.367. The van der Waals surface area contributed by atoms with E-state index in [4.69, 9.17) is 0 Å². The van der Waals surface area contributed by atoms with Crippen molar-refractivity contribution in [2.24, 2.45) is 0 Å². The van der Waals surface area contributed by atoms with Gasteiger partial charge in [0.15, 0.2) is 0 Å². The molecule has 0 atom stereocenters. The van der Waals surface area contributed by atoms with Crippen molar-refractivity contribution < 1.29 is 40.6 Å². The monoisotopic (exact) mass is 236 g/mol. The molecule has 3 nitrogen and oxygen atoms in total. The Morgan fingerprint density at radius 1 is 1.00 bits per heavy atom. The van der Waals surface area contributed by atoms with E-state index in [9.17, 15) is 21.8 Å². The minimum absolute atomic E-state index is 0. The maximum absolute atomic E-state index is 11.6. The van der Waals surface area contributed by atoms with Crippen LogP contribution in [0.2, 0.25) is 0 Å². The van der Waals surface area contributed by atoms with Gasteiger partial charge in [0.2, 0.25) is 6.43 Å². The summed E-state index contributed by atoms with van der Waals surface area (Å²) in [6.45, 7) is 0. The van der Waals surface area contributed by atoms with Gasteiger partial charge in [-0.2, -0.15) is 0 Å². The summed E-state index contributed by atoms with van der Waals surface area (Å²) in [5, 5.41) is 0. The molecule has 0 saturated heterocycles. The third kappa shape index (κ3) is 17.0. The Morgan fingerprint density at radius 2 is 1.47 bits per heavy atom. The second-order valence-corrected chi connectivity index (χ2v) is 4.73. The summed E-state index contributed by atoms with van der Waals surface area (Å²) < 4.78 is 53.8. The predicted octanol–water partition coefficient (Wildman–Crippen LogP) is -0.859. The summed E-state index contributed by atoms with van der Waals surface area (Å²) in [6, 6.07) is 0. The minimum Gasteiger partial charge on any atom is -0.748 e. The van der Waals surface area contributed by atoms with E-state index in [1.807, 2.05) is 0 Å². The molecule has 0 unspecified atom stereocenters. The van der Waals surface area contributed by atoms with Crippen molar-refractivity contribution in [3.05, 3.63) is 0 Å². The van der Waals surface area contributed by atoms with Crippen molar-refractivity contribution >= 4 is 10.1 Å². The second-order valence-electron chi connectivity index (χ2n) is 3.21. The molecule has 0 heterocycles. The molecule has 0 rings (SSSR count). The molecule has 0 radical (unpaired) electrons. The smallest absolute Gasteiger partial charge is 0.748 e. The van der Waals surface area contributed by atoms with Crippen molar-refractivity contribution in [2.45, 2.75) is 45.0 Å². The van der Waals surface area contributed by atoms with Crippen molar-refractivity contribution in [1.82, 2.24) is 0 Å². The molecule has 0 aromatic carbocycles. The largest absolute Gasteiger partial charge is 1.00 e. The van der Waals surface area contributed by atoms with Crippen LogP contribution < -0.4 is 18.9 Å². The molecule has 0 bridgehead atoms. The van der Waals surface area contributed by atoms with E-state index in [2.05, 4.69) is 0 Å². The first-order valence-electron chi connectivity index (χ1n) is 4.63. The van der Waals surface area contributed by atoms with Crippen LogP contribution in [0.25, 0.3) is 0 Å². The molecule has 0 spiro atoms. The molecular weight excluding hydrogens is 221 g/mol. The fraction of sp³-hybridized carbons (Fsp3) is 1.00. The van der Waals surface area contributed by atoms with Crippen LogP contribution in [0.5, 0.6) is 0 Å². The van der Waals surface area contributed by atoms with E-state index < -0.39 is 16.5 Å². The van der Waals surface area contributed by atoms with Crippen LogP contribution in [0.15, 0.2) is 0 Å². The quantitative estimate of drug-likeness (QED) is 0.313. The molecule has 0 amide bonds. The minimum atomic E-state index is -4.10. The Labute approximate surface area is 102 Å². The number of hydrogen-bond acceptors (Lipinski definition) is 3. The van der Waals surface area contributed by atoms with E-state index in [-0.39, 0.29) is 31.0 Å². The van der Waals surface area contributed by atoms with Crippen molar-refractivity contribution in [2.75, 3.05) is 5.75 Å². The maximum Gasteiger partial charge on any atom is 1.00 e. The molecule has 0 aromatic rings. The van der Waals surface area contributed by atoms with Crippen molar-refractivity contribution in [1.29, 1.82) is 0 Å². The Bertz CT molecular complexity index is 232. The number of unbranched alkanes of at least 4 members (excludes halogenated alkanes) is 4. The average molecular weight is 236 g/mol. The number of alkyl halides is 2. The molecule has 7 heteroatoms. The average Bonchev–Trinajstić information content (AvgIpc) is 2.00. The van der Waals surface area contributed by atoms with Gasteiger partial charge in [0, 0.05) is 12.2 Å². The first-order chi connectivity index (χ1) is 6.42. The van der Waals surface area contributed by atoms with E-state index in [0.29, 0.717) is 32.1 Å². The molecule has 0 saturated carbocycles. The van der Waals surface area contributed by atoms with E-state index in [1.54, 1.807) is 0 Å². The number of hydrogen-bond donors (Lipinski definition) is 0. The van der Waals surface area contributed by atoms with Gasteiger partial charge in [-0.1, -0.05) is 19.3 Å². The molecule has 0 aliphatic heterocycles. The van der Waals surface area contributed by atoms with Gasteiger partial charge in [-0.15, -0.1) is 0 Å². The third-order valence-corrected chi connectivity index (χ3v) is 2.61. The third-order valence-electron chi connectivity index (χ3n) is 1.82. The summed E-state index contributed by atoms with van der Waals surface area (Å²) in [4.78, 5) is 0. The second kappa shape index (κ2) is 9.58. The first-order valence-corrected chi connectivity index (χ1v) is 6.21. The van der Waals surface area contributed by atoms with Crippen LogP contribution in [-0.2, 0) is 10.1 Å². The van der Waals surface area contributed by atoms with Gasteiger partial charge in [0.1, 0.15) is 0 Å². The van der Waals surface area contributed by atoms with Crippen LogP contribution in [0.1, 0.15) is 38.5 Å². The zero-order valence-electron chi connectivity index (χ0n) is 8.92. The Balaban J connectivity index is 0. The van der Waals surface area contributed by atoms with Crippen LogP contribution in [-0.4, -0.2) is 25.1 Å². The summed E-state index contributed by atoms with van der Waals surface area (Å²) >= 11 is 0. The van der Waals surface area contributed by atoms with Gasteiger partial charge in [-0.05, 0) is 12.8 Å². The Kier molecular flexibility index (Phi) is 11.3. The van der Waals surface area contributed by atoms with Gasteiger partial charge >= 0.3 is 18.9 Å². The van der Waals surface area contributed by atoms with E-state index in [0.717, 1.165) is 0 Å². The molecule has 0 aliphatic rings. The van der Waals surface area contributed by atoms with Crippen molar-refractivity contribution in [3.63, 3.8) is 0 Å². The summed E-state index contributed by atoms with van der Waals surface area (Å²) in [5.74, 6) is -0.345. The zero-order chi connectivity index (χ0) is 11.0. The van der Waals surface area contributed by atoms with E-state index in [1.165, 1.54) is 0 Å². The fourth-order valence-electron chi connectivity index (χ4n) is 1.11. The molecule has 0 N–H and O–H groups in total. The summed E-state index contributed by atoms with van der Waals surface area (Å²) in [5.41, 5.74) is 0. The predicted molar refractivity (Wildman–Crippen MR) is 48.3 cm³/mol. The van der Waals surface area contributed by atoms with Crippen molar-refractivity contribution in [3.8, 4) is 0 Å². The summed E-state index contributed by atoms with van der Waals surface area (Å²) in [6.07, 6.45) is 0.440. The van der Waals surface area contributed by atoms with Gasteiger partial charge < -0.3 is 4.55 Å². The molecule has 0 fully saturated rings. The maximum atomic E-state index is 11.6. The molecular formula is C8H15F2LiO3S. The molecule has 15 heavy (non-hydrogen) atoms. The zero-order valence-corrected chi connectivity index (χ0v) is 9.73. The molecule has 0 aliphatic carbocycles. The number of halogens is 2. The first kappa shape index (κ1) is 17.8. The van der Waals surface area contributed by atoms with Crippen LogP contribution in [0, 0.1) is 0 Å². The topological polar surface area (TPSA) is 57.2 Å². The number of rotatable bonds is 8. The van der Waals surface area contributed by atoms with E-state index >= 15 is 0 Å². The van der Waals surface area contributed by atoms with Crippen LogP contribution in [0.3, 0.4) is 0 Å². The SMILES string of the molecule is O=S(=O)([O-])CCCCCCCC(F)F.[Li+]. The van der Waals surface area contributed by atoms with Gasteiger partial charge in [-0.3, -0.25) is 0 Å². The fourth-order valence-corrected chi connectivity index (χ4v) is 1.67. The molecule has 0 aromatic heterocycles. The van der Waals surface area contributed by atoms with Crippen LogP contribution in [0.4, 0.5) is 8.78 Å². The summed E-state index contributed by atoms with van der Waals surface area (Å²) in [7, 11) is -4.10. The molecule has 86 valence electrons. The normalized spacial score (nSPS) is 11.5. The van der Waals surface area contributed by atoms with Gasteiger partial charge in [0.05, 0.1) is 10.1 Å².